The number of alkyl halides is 2. The number of aliphatic hydroxyl groups is 2. The summed E-state index contributed by atoms with van der Waals surface area (Å²) >= 11 is 5.39. The summed E-state index contributed by atoms with van der Waals surface area (Å²) in [4.78, 5) is 18.5. The van der Waals surface area contributed by atoms with Gasteiger partial charge in [0.2, 0.25) is 0 Å². The first-order valence-corrected chi connectivity index (χ1v) is 5.48. The lowest BCUT2D eigenvalue weighted by molar-refractivity contribution is -0.542. The molecular weight excluding hydrogens is 356 g/mol. The molecule has 0 aliphatic heterocycles. The molecule has 16 heavy (non-hydrogen) atoms. The molecule has 0 spiro atoms. The number of aliphatic hydroxyl groups excluding tert-OH is 2. The molecule has 2 N–H and O–H groups in total. The van der Waals surface area contributed by atoms with E-state index in [-0.39, 0.29) is 0 Å². The number of nitro groups is 2. The van der Waals surface area contributed by atoms with Gasteiger partial charge in [-0.25, -0.2) is 0 Å². The second-order valence-corrected chi connectivity index (χ2v) is 6.57. The van der Waals surface area contributed by atoms with Crippen LogP contribution >= 0.6 is 31.9 Å². The normalized spacial score (nSPS) is 11.4. The van der Waals surface area contributed by atoms with Gasteiger partial charge in [0.05, 0.1) is 0 Å². The third-order valence-electron chi connectivity index (χ3n) is 1.25. The van der Waals surface area contributed by atoms with E-state index in [4.69, 9.17) is 10.2 Å². The highest BCUT2D eigenvalue weighted by Gasteiger charge is 2.38. The van der Waals surface area contributed by atoms with Crippen molar-refractivity contribution in [2.45, 2.75) is 22.7 Å². The van der Waals surface area contributed by atoms with Crippen molar-refractivity contribution in [1.82, 2.24) is 0 Å². The summed E-state index contributed by atoms with van der Waals surface area (Å²) in [5.41, 5.74) is 0. The zero-order chi connectivity index (χ0) is 13.6. The third kappa shape index (κ3) is 7.04. The van der Waals surface area contributed by atoms with Crippen LogP contribution < -0.4 is 0 Å². The molecule has 0 aromatic carbocycles. The molecule has 0 aliphatic carbocycles. The van der Waals surface area contributed by atoms with Crippen molar-refractivity contribution in [2.24, 2.45) is 0 Å². The first-order valence-electron chi connectivity index (χ1n) is 3.90. The number of rotatable bonds is 4. The van der Waals surface area contributed by atoms with Crippen LogP contribution in [-0.4, -0.2) is 42.2 Å². The average Bonchev–Trinajstić information content (AvgIpc) is 2.15. The lowest BCUT2D eigenvalue weighted by atomic mass is 10.4. The van der Waals surface area contributed by atoms with E-state index < -0.39 is 32.0 Å². The summed E-state index contributed by atoms with van der Waals surface area (Å²) in [7, 11) is 0. The van der Waals surface area contributed by atoms with Gasteiger partial charge >= 0.3 is 4.45 Å². The van der Waals surface area contributed by atoms with Crippen LogP contribution in [0.1, 0.15) is 13.8 Å². The van der Waals surface area contributed by atoms with Gasteiger partial charge in [0.1, 0.15) is 13.2 Å². The van der Waals surface area contributed by atoms with Gasteiger partial charge in [-0.2, -0.15) is 0 Å². The number of halogens is 2. The number of hydrogen-bond donors (Lipinski definition) is 2. The van der Waals surface area contributed by atoms with Crippen LogP contribution in [-0.2, 0) is 0 Å². The van der Waals surface area contributed by atoms with Crippen molar-refractivity contribution < 1.29 is 20.1 Å². The molecule has 8 nitrogen and oxygen atoms in total. The van der Waals surface area contributed by atoms with E-state index >= 15 is 0 Å². The highest BCUT2D eigenvalue weighted by molar-refractivity contribution is 9.10. The Morgan fingerprint density at radius 1 is 1.06 bits per heavy atom. The predicted octanol–water partition coefficient (Wildman–Crippen LogP) is 0.733. The van der Waals surface area contributed by atoms with Gasteiger partial charge in [-0.05, 0) is 15.9 Å². The summed E-state index contributed by atoms with van der Waals surface area (Å²) < 4.78 is -2.74. The first kappa shape index (κ1) is 18.1. The Balaban J connectivity index is 0. The molecule has 0 aliphatic rings. The fraction of sp³-hybridized carbons (Fsp3) is 1.00. The smallest absolute Gasteiger partial charge is 0.319 e. The van der Waals surface area contributed by atoms with E-state index in [2.05, 4.69) is 31.9 Å². The fourth-order valence-electron chi connectivity index (χ4n) is 0.165. The largest absolute Gasteiger partial charge is 0.388 e. The van der Waals surface area contributed by atoms with Crippen LogP contribution in [0.2, 0.25) is 0 Å². The van der Waals surface area contributed by atoms with E-state index in [0.717, 1.165) is 0 Å². The van der Waals surface area contributed by atoms with Gasteiger partial charge in [-0.3, -0.25) is 20.2 Å². The molecule has 0 aromatic rings. The van der Waals surface area contributed by atoms with Gasteiger partial charge < -0.3 is 10.2 Å². The molecule has 0 bridgehead atoms. The van der Waals surface area contributed by atoms with E-state index in [1.807, 2.05) is 0 Å². The molecule has 0 saturated heterocycles. The van der Waals surface area contributed by atoms with Crippen LogP contribution in [0.15, 0.2) is 0 Å². The fourth-order valence-corrected chi connectivity index (χ4v) is 0.165. The molecule has 0 amide bonds. The lowest BCUT2D eigenvalue weighted by Crippen LogP contribution is -2.39. The molecule has 0 fully saturated rings. The van der Waals surface area contributed by atoms with E-state index in [9.17, 15) is 20.2 Å². The van der Waals surface area contributed by atoms with Crippen LogP contribution in [0.25, 0.3) is 0 Å². The standard InChI is InChI=1S/C3H6BrNO4.C3H6BrNO2/c4-3(1-6,2-7)5(8)9;1-3(2,4)5(6)7/h6-7H,1-2H2;1-2H3. The van der Waals surface area contributed by atoms with E-state index in [0.29, 0.717) is 0 Å². The maximum absolute atomic E-state index is 9.92. The molecule has 0 atom stereocenters. The van der Waals surface area contributed by atoms with Gasteiger partial charge in [0.25, 0.3) is 4.45 Å². The SMILES string of the molecule is CC(C)(Br)[N+](=O)[O-].O=[N+]([O-])C(Br)(CO)CO. The molecule has 0 unspecified atom stereocenters. The van der Waals surface area contributed by atoms with Crippen LogP contribution in [0.4, 0.5) is 0 Å². The highest BCUT2D eigenvalue weighted by Crippen LogP contribution is 2.16. The molecule has 0 radical (unpaired) electrons. The van der Waals surface area contributed by atoms with Gasteiger partial charge in [0, 0.05) is 39.6 Å². The first-order chi connectivity index (χ1) is 7.01. The molecule has 0 saturated carbocycles. The van der Waals surface area contributed by atoms with Gasteiger partial charge in [-0.15, -0.1) is 0 Å². The van der Waals surface area contributed by atoms with E-state index in [1.54, 1.807) is 0 Å². The maximum Gasteiger partial charge on any atom is 0.319 e. The number of hydrogen-bond acceptors (Lipinski definition) is 6. The zero-order valence-corrected chi connectivity index (χ0v) is 11.8. The molecule has 0 aromatic heterocycles. The predicted molar refractivity (Wildman–Crippen MR) is 62.8 cm³/mol. The summed E-state index contributed by atoms with van der Waals surface area (Å²) in [5.74, 6) is 0. The van der Waals surface area contributed by atoms with Crippen molar-refractivity contribution in [3.63, 3.8) is 0 Å². The summed E-state index contributed by atoms with van der Waals surface area (Å²) in [6, 6.07) is 0. The minimum Gasteiger partial charge on any atom is -0.388 e. The van der Waals surface area contributed by atoms with Gasteiger partial charge in [-0.1, -0.05) is 0 Å². The van der Waals surface area contributed by atoms with Crippen molar-refractivity contribution in [3.05, 3.63) is 20.2 Å². The molecule has 0 rings (SSSR count). The highest BCUT2D eigenvalue weighted by atomic mass is 79.9. The lowest BCUT2D eigenvalue weighted by Gasteiger charge is -2.11. The molecule has 10 heteroatoms. The maximum atomic E-state index is 9.92. The topological polar surface area (TPSA) is 127 Å². The zero-order valence-electron chi connectivity index (χ0n) is 8.59. The van der Waals surface area contributed by atoms with Crippen LogP contribution in [0, 0.1) is 20.2 Å². The van der Waals surface area contributed by atoms with Crippen LogP contribution in [0.5, 0.6) is 0 Å². The second kappa shape index (κ2) is 7.09. The molecule has 96 valence electrons. The Morgan fingerprint density at radius 3 is 1.31 bits per heavy atom. The van der Waals surface area contributed by atoms with Crippen LogP contribution in [0.3, 0.4) is 0 Å². The van der Waals surface area contributed by atoms with Gasteiger partial charge in [0.15, 0.2) is 0 Å². The third-order valence-corrected chi connectivity index (χ3v) is 2.33. The van der Waals surface area contributed by atoms with Crippen molar-refractivity contribution in [3.8, 4) is 0 Å². The van der Waals surface area contributed by atoms with Crippen molar-refractivity contribution in [2.75, 3.05) is 13.2 Å². The summed E-state index contributed by atoms with van der Waals surface area (Å²) in [6.07, 6.45) is 0. The minimum absolute atomic E-state index is 0.396. The van der Waals surface area contributed by atoms with Crippen molar-refractivity contribution >= 4 is 31.9 Å². The van der Waals surface area contributed by atoms with Crippen molar-refractivity contribution in [1.29, 1.82) is 0 Å². The minimum atomic E-state index is -1.77. The van der Waals surface area contributed by atoms with E-state index in [1.165, 1.54) is 13.8 Å². The quantitative estimate of drug-likeness (QED) is 0.326. The Morgan fingerprint density at radius 2 is 1.31 bits per heavy atom. The Hall–Kier alpha value is -0.320. The average molecular weight is 368 g/mol. The second-order valence-electron chi connectivity index (χ2n) is 3.16. The summed E-state index contributed by atoms with van der Waals surface area (Å²) in [6.45, 7) is 1.51. The molecular formula is C6H12Br2N2O6. The Labute approximate surface area is 108 Å². The number of nitrogens with zero attached hydrogens (tertiary/aromatic N) is 2. The summed E-state index contributed by atoms with van der Waals surface area (Å²) in [5, 5.41) is 36.3. The monoisotopic (exact) mass is 366 g/mol. The molecule has 0 heterocycles. The Bertz CT molecular complexity index is 250. The Kier molecular flexibility index (Phi) is 8.00.